The molecule has 2 fully saturated rings. The van der Waals surface area contributed by atoms with Gasteiger partial charge in [0.1, 0.15) is 5.75 Å². The van der Waals surface area contributed by atoms with Gasteiger partial charge in [-0.2, -0.15) is 0 Å². The smallest absolute Gasteiger partial charge is 0.230 e. The number of benzene rings is 1. The lowest BCUT2D eigenvalue weighted by Crippen LogP contribution is -2.67. The molecule has 0 aliphatic carbocycles. The van der Waals surface area contributed by atoms with Crippen molar-refractivity contribution in [2.75, 3.05) is 19.0 Å². The molecule has 1 aromatic rings. The van der Waals surface area contributed by atoms with E-state index in [0.29, 0.717) is 12.6 Å². The molecule has 126 valence electrons. The van der Waals surface area contributed by atoms with Gasteiger partial charge in [-0.1, -0.05) is 0 Å². The highest BCUT2D eigenvalue weighted by molar-refractivity contribution is 5.81. The summed E-state index contributed by atoms with van der Waals surface area (Å²) in [5.74, 6) is 0.806. The highest BCUT2D eigenvalue weighted by Gasteiger charge is 2.44. The van der Waals surface area contributed by atoms with Crippen molar-refractivity contribution in [3.63, 3.8) is 0 Å². The number of nitrogens with zero attached hydrogens (tertiary/aromatic N) is 1. The summed E-state index contributed by atoms with van der Waals surface area (Å²) < 4.78 is 5.23. The van der Waals surface area contributed by atoms with Crippen molar-refractivity contribution >= 4 is 11.6 Å². The monoisotopic (exact) mass is 319 g/mol. The predicted octanol–water partition coefficient (Wildman–Crippen LogP) is 0.589. The third kappa shape index (κ3) is 3.12. The van der Waals surface area contributed by atoms with Crippen molar-refractivity contribution in [2.45, 2.75) is 39.3 Å². The van der Waals surface area contributed by atoms with Crippen molar-refractivity contribution in [3.8, 4) is 5.75 Å². The molecule has 0 bridgehead atoms. The van der Waals surface area contributed by atoms with Gasteiger partial charge in [-0.15, -0.1) is 0 Å². The molecule has 0 radical (unpaired) electrons. The van der Waals surface area contributed by atoms with E-state index in [4.69, 9.17) is 4.74 Å². The number of aryl methyl sites for hydroxylation is 1. The Kier molecular flexibility index (Phi) is 4.43. The first-order valence-electron chi connectivity index (χ1n) is 7.99. The minimum absolute atomic E-state index is 0.0141. The molecule has 7 nitrogen and oxygen atoms in total. The van der Waals surface area contributed by atoms with Crippen LogP contribution in [0.1, 0.15) is 19.4 Å². The van der Waals surface area contributed by atoms with E-state index in [1.54, 1.807) is 7.11 Å². The lowest BCUT2D eigenvalue weighted by atomic mass is 10.0. The van der Waals surface area contributed by atoms with Crippen LogP contribution >= 0.6 is 0 Å². The fourth-order valence-electron chi connectivity index (χ4n) is 3.16. The molecule has 1 amide bonds. The molecule has 2 saturated heterocycles. The zero-order valence-electron chi connectivity index (χ0n) is 14.0. The number of nitrogens with one attached hydrogen (secondary N) is 4. The molecular formula is C16H25N5O2. The average Bonchev–Trinajstić information content (AvgIpc) is 2.94. The van der Waals surface area contributed by atoms with Gasteiger partial charge in [0.15, 0.2) is 6.29 Å². The maximum absolute atomic E-state index is 12.4. The van der Waals surface area contributed by atoms with E-state index < -0.39 is 0 Å². The SMILES string of the molecule is COc1ccc(NC2NC(=O)C3CNN(C(C)C)C3N2)c(C)c1. The Labute approximate surface area is 136 Å². The molecule has 3 unspecified atom stereocenters. The van der Waals surface area contributed by atoms with Crippen LogP contribution in [0.5, 0.6) is 5.75 Å². The van der Waals surface area contributed by atoms with Crippen LogP contribution in [-0.2, 0) is 4.79 Å². The highest BCUT2D eigenvalue weighted by atomic mass is 16.5. The topological polar surface area (TPSA) is 77.7 Å². The van der Waals surface area contributed by atoms with Gasteiger partial charge in [-0.25, -0.2) is 5.01 Å². The summed E-state index contributed by atoms with van der Waals surface area (Å²) in [4.78, 5) is 12.4. The number of fused-ring (bicyclic) bond motifs is 1. The van der Waals surface area contributed by atoms with E-state index in [1.807, 2.05) is 25.1 Å². The number of carbonyl (C=O) groups is 1. The maximum atomic E-state index is 12.4. The van der Waals surface area contributed by atoms with Gasteiger partial charge in [-0.05, 0) is 44.5 Å². The molecule has 0 saturated carbocycles. The summed E-state index contributed by atoms with van der Waals surface area (Å²) in [6.45, 7) is 6.89. The van der Waals surface area contributed by atoms with Gasteiger partial charge >= 0.3 is 0 Å². The van der Waals surface area contributed by atoms with Crippen LogP contribution in [0.4, 0.5) is 5.69 Å². The third-order valence-corrected chi connectivity index (χ3v) is 4.43. The van der Waals surface area contributed by atoms with Crippen LogP contribution in [-0.4, -0.2) is 43.1 Å². The Morgan fingerprint density at radius 1 is 1.39 bits per heavy atom. The third-order valence-electron chi connectivity index (χ3n) is 4.43. The Morgan fingerprint density at radius 2 is 2.17 bits per heavy atom. The van der Waals surface area contributed by atoms with Gasteiger partial charge < -0.3 is 15.4 Å². The van der Waals surface area contributed by atoms with E-state index in [-0.39, 0.29) is 24.3 Å². The van der Waals surface area contributed by atoms with Crippen molar-refractivity contribution in [1.29, 1.82) is 0 Å². The zero-order valence-corrected chi connectivity index (χ0v) is 14.0. The molecule has 7 heteroatoms. The zero-order chi connectivity index (χ0) is 16.6. The summed E-state index contributed by atoms with van der Waals surface area (Å²) >= 11 is 0. The summed E-state index contributed by atoms with van der Waals surface area (Å²) in [6, 6.07) is 6.14. The lowest BCUT2D eigenvalue weighted by molar-refractivity contribution is -0.129. The second-order valence-corrected chi connectivity index (χ2v) is 6.35. The average molecular weight is 319 g/mol. The number of amides is 1. The normalized spacial score (nSPS) is 27.7. The number of hydrogen-bond donors (Lipinski definition) is 4. The molecular weight excluding hydrogens is 294 g/mol. The molecule has 0 aromatic heterocycles. The van der Waals surface area contributed by atoms with E-state index in [1.165, 1.54) is 0 Å². The number of hydrazine groups is 1. The van der Waals surface area contributed by atoms with Crippen LogP contribution in [0.2, 0.25) is 0 Å². The molecule has 2 aliphatic rings. The highest BCUT2D eigenvalue weighted by Crippen LogP contribution is 2.24. The number of methoxy groups -OCH3 is 1. The minimum atomic E-state index is -0.308. The van der Waals surface area contributed by atoms with Crippen molar-refractivity contribution in [2.24, 2.45) is 5.92 Å². The molecule has 3 rings (SSSR count). The van der Waals surface area contributed by atoms with Crippen LogP contribution in [0.25, 0.3) is 0 Å². The second kappa shape index (κ2) is 6.35. The molecule has 3 atom stereocenters. The number of rotatable bonds is 4. The summed E-state index contributed by atoms with van der Waals surface area (Å²) in [7, 11) is 1.65. The summed E-state index contributed by atoms with van der Waals surface area (Å²) in [5, 5.41) is 11.9. The molecule has 4 N–H and O–H groups in total. The molecule has 23 heavy (non-hydrogen) atoms. The van der Waals surface area contributed by atoms with E-state index in [0.717, 1.165) is 17.0 Å². The van der Waals surface area contributed by atoms with E-state index in [9.17, 15) is 4.79 Å². The first-order chi connectivity index (χ1) is 11.0. The first kappa shape index (κ1) is 16.0. The predicted molar refractivity (Wildman–Crippen MR) is 88.7 cm³/mol. The van der Waals surface area contributed by atoms with Crippen LogP contribution in [0.3, 0.4) is 0 Å². The summed E-state index contributed by atoms with van der Waals surface area (Å²) in [6.07, 6.45) is -0.322. The molecule has 2 heterocycles. The van der Waals surface area contributed by atoms with E-state index in [2.05, 4.69) is 40.2 Å². The Bertz CT molecular complexity index is 592. The standard InChI is InChI=1S/C16H25N5O2/c1-9(2)21-14-12(8-17-21)15(22)20-16(19-14)18-13-6-5-11(23-4)7-10(13)3/h5-7,9,12,14,16-19H,8H2,1-4H3,(H,20,22). The van der Waals surface area contributed by atoms with Gasteiger partial charge in [0, 0.05) is 18.3 Å². The van der Waals surface area contributed by atoms with Gasteiger partial charge in [0.05, 0.1) is 19.2 Å². The van der Waals surface area contributed by atoms with Gasteiger partial charge in [0.25, 0.3) is 0 Å². The minimum Gasteiger partial charge on any atom is -0.497 e. The summed E-state index contributed by atoms with van der Waals surface area (Å²) in [5.41, 5.74) is 5.33. The van der Waals surface area contributed by atoms with Crippen molar-refractivity contribution in [1.82, 2.24) is 21.1 Å². The fraction of sp³-hybridized carbons (Fsp3) is 0.562. The number of hydrogen-bond acceptors (Lipinski definition) is 6. The quantitative estimate of drug-likeness (QED) is 0.651. The Hall–Kier alpha value is -1.83. The van der Waals surface area contributed by atoms with Crippen LogP contribution < -0.4 is 26.1 Å². The molecule has 0 spiro atoms. The van der Waals surface area contributed by atoms with Crippen molar-refractivity contribution in [3.05, 3.63) is 23.8 Å². The van der Waals surface area contributed by atoms with Crippen molar-refractivity contribution < 1.29 is 9.53 Å². The largest absolute Gasteiger partial charge is 0.497 e. The number of carbonyl (C=O) groups excluding carboxylic acids is 1. The Balaban J connectivity index is 1.73. The van der Waals surface area contributed by atoms with Gasteiger partial charge in [-0.3, -0.25) is 15.5 Å². The second-order valence-electron chi connectivity index (χ2n) is 6.35. The van der Waals surface area contributed by atoms with E-state index >= 15 is 0 Å². The first-order valence-corrected chi connectivity index (χ1v) is 7.99. The van der Waals surface area contributed by atoms with Gasteiger partial charge in [0.2, 0.25) is 5.91 Å². The fourth-order valence-corrected chi connectivity index (χ4v) is 3.16. The molecule has 2 aliphatic heterocycles. The number of ether oxygens (including phenoxy) is 1. The maximum Gasteiger partial charge on any atom is 0.230 e. The lowest BCUT2D eigenvalue weighted by Gasteiger charge is -2.38. The number of anilines is 1. The molecule has 1 aromatic carbocycles. The Morgan fingerprint density at radius 3 is 2.83 bits per heavy atom. The van der Waals surface area contributed by atoms with Crippen LogP contribution in [0, 0.1) is 12.8 Å². The van der Waals surface area contributed by atoms with Crippen LogP contribution in [0.15, 0.2) is 18.2 Å².